The lowest BCUT2D eigenvalue weighted by Crippen LogP contribution is -2.54. The molecule has 2 unspecified atom stereocenters. The average Bonchev–Trinajstić information content (AvgIpc) is 2.04. The molecule has 1 fully saturated rings. The number of hydrogen-bond acceptors (Lipinski definition) is 3. The van der Waals surface area contributed by atoms with Gasteiger partial charge in [-0.05, 0) is 38.6 Å². The molecule has 0 bridgehead atoms. The van der Waals surface area contributed by atoms with Gasteiger partial charge in [-0.3, -0.25) is 4.79 Å². The van der Waals surface area contributed by atoms with Gasteiger partial charge in [0.25, 0.3) is 0 Å². The van der Waals surface area contributed by atoms with Gasteiger partial charge >= 0.3 is 5.97 Å². The predicted octanol–water partition coefficient (Wildman–Crippen LogP) is 0.212. The summed E-state index contributed by atoms with van der Waals surface area (Å²) in [5.41, 5.74) is -0.794. The van der Waals surface area contributed by atoms with Crippen molar-refractivity contribution in [2.75, 3.05) is 13.2 Å². The van der Waals surface area contributed by atoms with Crippen molar-refractivity contribution in [3.8, 4) is 0 Å². The number of aliphatic hydroxyl groups excluding tert-OH is 1. The smallest absolute Gasteiger partial charge is 0.323 e. The molecule has 0 aromatic rings. The molecule has 0 radical (unpaired) electrons. The third kappa shape index (κ3) is 2.42. The minimum absolute atomic E-state index is 0.153. The summed E-state index contributed by atoms with van der Waals surface area (Å²) < 4.78 is 0. The lowest BCUT2D eigenvalue weighted by atomic mass is 9.82. The lowest BCUT2D eigenvalue weighted by Gasteiger charge is -2.35. The number of rotatable bonds is 3. The second kappa shape index (κ2) is 4.07. The van der Waals surface area contributed by atoms with E-state index >= 15 is 0 Å². The van der Waals surface area contributed by atoms with Crippen LogP contribution in [-0.2, 0) is 4.79 Å². The van der Waals surface area contributed by atoms with Crippen LogP contribution in [0.15, 0.2) is 0 Å². The predicted molar refractivity (Wildman–Crippen MR) is 48.5 cm³/mol. The Kier molecular flexibility index (Phi) is 3.27. The molecule has 0 amide bonds. The monoisotopic (exact) mass is 187 g/mol. The zero-order valence-corrected chi connectivity index (χ0v) is 7.92. The number of nitrogens with one attached hydrogen (secondary N) is 1. The molecular weight excluding hydrogens is 170 g/mol. The summed E-state index contributed by atoms with van der Waals surface area (Å²) in [6.45, 7) is 2.59. The third-order valence-electron chi connectivity index (χ3n) is 2.77. The van der Waals surface area contributed by atoms with Gasteiger partial charge in [0, 0.05) is 6.61 Å². The number of carboxylic acid groups (broad SMARTS) is 1. The number of hydrogen-bond donors (Lipinski definition) is 3. The molecule has 3 N–H and O–H groups in total. The second-order valence-corrected chi connectivity index (χ2v) is 3.94. The van der Waals surface area contributed by atoms with E-state index in [9.17, 15) is 4.79 Å². The Bertz CT molecular complexity index is 193. The molecule has 1 heterocycles. The van der Waals surface area contributed by atoms with Crippen molar-refractivity contribution in [2.45, 2.75) is 31.7 Å². The van der Waals surface area contributed by atoms with E-state index < -0.39 is 11.5 Å². The minimum Gasteiger partial charge on any atom is -0.480 e. The Balaban J connectivity index is 2.54. The first-order chi connectivity index (χ1) is 6.08. The van der Waals surface area contributed by atoms with Gasteiger partial charge in [-0.25, -0.2) is 0 Å². The van der Waals surface area contributed by atoms with Gasteiger partial charge in [-0.1, -0.05) is 0 Å². The standard InChI is InChI=1S/C9H17NO3/c1-9(8(12)13)6-7(3-5-11)2-4-10-9/h7,10-11H,2-6H2,1H3,(H,12,13). The first-order valence-corrected chi connectivity index (χ1v) is 4.68. The molecule has 0 spiro atoms. The summed E-state index contributed by atoms with van der Waals surface area (Å²) in [7, 11) is 0. The third-order valence-corrected chi connectivity index (χ3v) is 2.77. The van der Waals surface area contributed by atoms with E-state index in [0.29, 0.717) is 18.8 Å². The fourth-order valence-corrected chi connectivity index (χ4v) is 1.90. The zero-order chi connectivity index (χ0) is 9.90. The molecule has 0 saturated carbocycles. The summed E-state index contributed by atoms with van der Waals surface area (Å²) in [6, 6.07) is 0. The fourth-order valence-electron chi connectivity index (χ4n) is 1.90. The topological polar surface area (TPSA) is 69.6 Å². The van der Waals surface area contributed by atoms with Crippen molar-refractivity contribution < 1.29 is 15.0 Å². The summed E-state index contributed by atoms with van der Waals surface area (Å²) in [6.07, 6.45) is 2.29. The lowest BCUT2D eigenvalue weighted by molar-refractivity contribution is -0.145. The summed E-state index contributed by atoms with van der Waals surface area (Å²) in [5.74, 6) is -0.456. The molecule has 1 rings (SSSR count). The fraction of sp³-hybridized carbons (Fsp3) is 0.889. The summed E-state index contributed by atoms with van der Waals surface area (Å²) in [4.78, 5) is 10.9. The number of carboxylic acids is 1. The molecule has 1 aliphatic rings. The normalized spacial score (nSPS) is 34.5. The van der Waals surface area contributed by atoms with Crippen molar-refractivity contribution in [1.82, 2.24) is 5.32 Å². The Morgan fingerprint density at radius 1 is 1.69 bits per heavy atom. The average molecular weight is 187 g/mol. The van der Waals surface area contributed by atoms with Crippen LogP contribution in [0, 0.1) is 5.92 Å². The molecule has 0 aliphatic carbocycles. The van der Waals surface area contributed by atoms with Gasteiger partial charge in [0.1, 0.15) is 5.54 Å². The van der Waals surface area contributed by atoms with E-state index in [1.54, 1.807) is 6.92 Å². The van der Waals surface area contributed by atoms with Crippen molar-refractivity contribution in [1.29, 1.82) is 0 Å². The maximum Gasteiger partial charge on any atom is 0.323 e. The molecule has 4 heteroatoms. The molecule has 13 heavy (non-hydrogen) atoms. The van der Waals surface area contributed by atoms with Crippen LogP contribution in [0.2, 0.25) is 0 Å². The molecule has 1 aliphatic heterocycles. The van der Waals surface area contributed by atoms with Gasteiger partial charge in [0.15, 0.2) is 0 Å². The van der Waals surface area contributed by atoms with Crippen LogP contribution in [0.1, 0.15) is 26.2 Å². The molecular formula is C9H17NO3. The van der Waals surface area contributed by atoms with Crippen molar-refractivity contribution in [3.05, 3.63) is 0 Å². The number of piperidine rings is 1. The summed E-state index contributed by atoms with van der Waals surface area (Å²) in [5, 5.41) is 20.7. The Hall–Kier alpha value is -0.610. The molecule has 0 aromatic carbocycles. The van der Waals surface area contributed by atoms with Crippen molar-refractivity contribution >= 4 is 5.97 Å². The van der Waals surface area contributed by atoms with Crippen LogP contribution >= 0.6 is 0 Å². The van der Waals surface area contributed by atoms with E-state index in [-0.39, 0.29) is 6.61 Å². The molecule has 76 valence electrons. The Labute approximate surface area is 78.0 Å². The van der Waals surface area contributed by atoms with E-state index in [4.69, 9.17) is 10.2 Å². The van der Waals surface area contributed by atoms with Crippen LogP contribution in [0.5, 0.6) is 0 Å². The van der Waals surface area contributed by atoms with Gasteiger partial charge in [-0.2, -0.15) is 0 Å². The maximum atomic E-state index is 10.9. The number of carbonyl (C=O) groups is 1. The molecule has 4 nitrogen and oxygen atoms in total. The summed E-state index contributed by atoms with van der Waals surface area (Å²) >= 11 is 0. The van der Waals surface area contributed by atoms with E-state index in [2.05, 4.69) is 5.32 Å². The van der Waals surface area contributed by atoms with E-state index in [0.717, 1.165) is 13.0 Å². The van der Waals surface area contributed by atoms with Crippen LogP contribution in [0.25, 0.3) is 0 Å². The minimum atomic E-state index is -0.796. The highest BCUT2D eigenvalue weighted by Gasteiger charge is 2.37. The first kappa shape index (κ1) is 10.5. The van der Waals surface area contributed by atoms with Crippen molar-refractivity contribution in [2.24, 2.45) is 5.92 Å². The largest absolute Gasteiger partial charge is 0.480 e. The maximum absolute atomic E-state index is 10.9. The molecule has 1 saturated heterocycles. The second-order valence-electron chi connectivity index (χ2n) is 3.94. The quantitative estimate of drug-likeness (QED) is 0.591. The van der Waals surface area contributed by atoms with Crippen LogP contribution in [0.3, 0.4) is 0 Å². The van der Waals surface area contributed by atoms with Crippen LogP contribution in [-0.4, -0.2) is 34.9 Å². The highest BCUT2D eigenvalue weighted by atomic mass is 16.4. The van der Waals surface area contributed by atoms with Gasteiger partial charge < -0.3 is 15.5 Å². The molecule has 0 aromatic heterocycles. The van der Waals surface area contributed by atoms with Crippen molar-refractivity contribution in [3.63, 3.8) is 0 Å². The highest BCUT2D eigenvalue weighted by molar-refractivity contribution is 5.78. The molecule has 2 atom stereocenters. The van der Waals surface area contributed by atoms with E-state index in [1.165, 1.54) is 0 Å². The van der Waals surface area contributed by atoms with Crippen LogP contribution < -0.4 is 5.32 Å². The van der Waals surface area contributed by atoms with Crippen LogP contribution in [0.4, 0.5) is 0 Å². The van der Waals surface area contributed by atoms with Gasteiger partial charge in [-0.15, -0.1) is 0 Å². The number of aliphatic hydroxyl groups is 1. The first-order valence-electron chi connectivity index (χ1n) is 4.68. The Morgan fingerprint density at radius 2 is 2.38 bits per heavy atom. The Morgan fingerprint density at radius 3 is 2.92 bits per heavy atom. The van der Waals surface area contributed by atoms with E-state index in [1.807, 2.05) is 0 Å². The SMILES string of the molecule is CC1(C(=O)O)CC(CCO)CCN1. The zero-order valence-electron chi connectivity index (χ0n) is 7.92. The van der Waals surface area contributed by atoms with Gasteiger partial charge in [0.05, 0.1) is 0 Å². The highest BCUT2D eigenvalue weighted by Crippen LogP contribution is 2.26. The number of aliphatic carboxylic acids is 1. The van der Waals surface area contributed by atoms with Gasteiger partial charge in [0.2, 0.25) is 0 Å².